The van der Waals surface area contributed by atoms with Gasteiger partial charge in [-0.25, -0.2) is 14.9 Å². The minimum absolute atomic E-state index is 0.0974. The first kappa shape index (κ1) is 18.4. The van der Waals surface area contributed by atoms with Gasteiger partial charge in [0.05, 0.1) is 18.3 Å². The Labute approximate surface area is 164 Å². The van der Waals surface area contributed by atoms with Crippen LogP contribution in [0.25, 0.3) is 0 Å². The highest BCUT2D eigenvalue weighted by Gasteiger charge is 2.35. The molecule has 9 nitrogen and oxygen atoms in total. The Kier molecular flexibility index (Phi) is 5.20. The molecular weight excluding hydrogens is 382 g/mol. The number of hydrogen-bond acceptors (Lipinski definition) is 7. The van der Waals surface area contributed by atoms with Crippen molar-refractivity contribution in [3.05, 3.63) is 58.8 Å². The van der Waals surface area contributed by atoms with Crippen LogP contribution in [-0.4, -0.2) is 37.1 Å². The van der Waals surface area contributed by atoms with Crippen LogP contribution in [0.2, 0.25) is 0 Å². The zero-order valence-electron chi connectivity index (χ0n) is 15.2. The summed E-state index contributed by atoms with van der Waals surface area (Å²) in [5.41, 5.74) is 0.414. The maximum absolute atomic E-state index is 12.9. The standard InChI is InChI=1S/C18H19N5O4S/c1-2-7-22-17(25)19-20-18(22)28-11-16(24)23-13(15-6-4-9-27-15)10-12(21-23)14-5-3-8-26-14/h3-6,8-9,13H,2,7,10-11H2,1H3,(H,19,25)/t13-/m1/s1. The van der Waals surface area contributed by atoms with Gasteiger partial charge in [0.1, 0.15) is 23.3 Å². The summed E-state index contributed by atoms with van der Waals surface area (Å²) in [6.45, 7) is 2.52. The lowest BCUT2D eigenvalue weighted by atomic mass is 10.1. The van der Waals surface area contributed by atoms with E-state index in [0.717, 1.165) is 6.42 Å². The molecule has 1 amide bonds. The number of carbonyl (C=O) groups is 1. The van der Waals surface area contributed by atoms with Gasteiger partial charge in [-0.3, -0.25) is 9.36 Å². The number of nitrogens with zero attached hydrogens (tertiary/aromatic N) is 4. The fraction of sp³-hybridized carbons (Fsp3) is 0.333. The van der Waals surface area contributed by atoms with Gasteiger partial charge < -0.3 is 8.83 Å². The fourth-order valence-electron chi connectivity index (χ4n) is 3.06. The minimum atomic E-state index is -0.333. The van der Waals surface area contributed by atoms with E-state index >= 15 is 0 Å². The lowest BCUT2D eigenvalue weighted by Gasteiger charge is -2.19. The molecule has 1 N–H and O–H groups in total. The van der Waals surface area contributed by atoms with E-state index in [9.17, 15) is 9.59 Å². The van der Waals surface area contributed by atoms with Gasteiger partial charge in [0, 0.05) is 13.0 Å². The number of carbonyl (C=O) groups excluding carboxylic acids is 1. The number of hydrazone groups is 1. The quantitative estimate of drug-likeness (QED) is 0.610. The SMILES string of the molecule is CCCn1c(SCC(=O)N2N=C(c3ccco3)C[C@@H]2c2ccco2)n[nH]c1=O. The normalized spacial score (nSPS) is 16.5. The molecule has 10 heteroatoms. The number of H-pyrrole nitrogens is 1. The molecule has 0 bridgehead atoms. The number of thioether (sulfide) groups is 1. The minimum Gasteiger partial charge on any atom is -0.467 e. The Hall–Kier alpha value is -3.01. The van der Waals surface area contributed by atoms with Crippen molar-refractivity contribution in [2.24, 2.45) is 5.10 Å². The van der Waals surface area contributed by atoms with Gasteiger partial charge in [0.2, 0.25) is 0 Å². The highest BCUT2D eigenvalue weighted by molar-refractivity contribution is 7.99. The average molecular weight is 401 g/mol. The molecule has 0 spiro atoms. The van der Waals surface area contributed by atoms with Crippen molar-refractivity contribution in [2.45, 2.75) is 37.5 Å². The molecule has 0 unspecified atom stereocenters. The Balaban J connectivity index is 1.53. The molecule has 0 saturated heterocycles. The monoisotopic (exact) mass is 401 g/mol. The highest BCUT2D eigenvalue weighted by Crippen LogP contribution is 2.33. The first-order valence-corrected chi connectivity index (χ1v) is 9.90. The van der Waals surface area contributed by atoms with Gasteiger partial charge in [0.25, 0.3) is 5.91 Å². The maximum atomic E-state index is 12.9. The largest absolute Gasteiger partial charge is 0.467 e. The molecule has 0 radical (unpaired) electrons. The Morgan fingerprint density at radius 1 is 1.32 bits per heavy atom. The molecule has 0 saturated carbocycles. The van der Waals surface area contributed by atoms with Crippen LogP contribution in [0.5, 0.6) is 0 Å². The number of amides is 1. The van der Waals surface area contributed by atoms with Gasteiger partial charge in [-0.1, -0.05) is 18.7 Å². The van der Waals surface area contributed by atoms with Crippen LogP contribution < -0.4 is 5.69 Å². The Morgan fingerprint density at radius 2 is 2.14 bits per heavy atom. The van der Waals surface area contributed by atoms with Crippen LogP contribution in [0.15, 0.2) is 60.7 Å². The second-order valence-corrected chi connectivity index (χ2v) is 7.19. The molecule has 3 aromatic rings. The van der Waals surface area contributed by atoms with Crippen molar-refractivity contribution in [3.63, 3.8) is 0 Å². The molecule has 4 heterocycles. The van der Waals surface area contributed by atoms with E-state index in [1.54, 1.807) is 24.7 Å². The van der Waals surface area contributed by atoms with Crippen LogP contribution in [0.1, 0.15) is 37.3 Å². The van der Waals surface area contributed by atoms with Crippen LogP contribution >= 0.6 is 11.8 Å². The first-order valence-electron chi connectivity index (χ1n) is 8.92. The van der Waals surface area contributed by atoms with Crippen molar-refractivity contribution in [3.8, 4) is 0 Å². The molecule has 0 fully saturated rings. The number of aromatic amines is 1. The van der Waals surface area contributed by atoms with E-state index in [1.165, 1.54) is 21.3 Å². The molecule has 1 aliphatic heterocycles. The molecule has 4 rings (SSSR count). The average Bonchev–Trinajstić information content (AvgIpc) is 3.47. The summed E-state index contributed by atoms with van der Waals surface area (Å²) in [4.78, 5) is 24.7. The third-order valence-electron chi connectivity index (χ3n) is 4.34. The smallest absolute Gasteiger partial charge is 0.343 e. The number of nitrogens with one attached hydrogen (secondary N) is 1. The van der Waals surface area contributed by atoms with Crippen molar-refractivity contribution in [2.75, 3.05) is 5.75 Å². The van der Waals surface area contributed by atoms with E-state index < -0.39 is 0 Å². The lowest BCUT2D eigenvalue weighted by molar-refractivity contribution is -0.130. The van der Waals surface area contributed by atoms with Crippen molar-refractivity contribution < 1.29 is 13.6 Å². The highest BCUT2D eigenvalue weighted by atomic mass is 32.2. The number of aromatic nitrogens is 3. The third-order valence-corrected chi connectivity index (χ3v) is 5.30. The number of hydrogen-bond donors (Lipinski definition) is 1. The maximum Gasteiger partial charge on any atom is 0.343 e. The van der Waals surface area contributed by atoms with Crippen molar-refractivity contribution >= 4 is 23.4 Å². The predicted molar refractivity (Wildman–Crippen MR) is 102 cm³/mol. The Bertz CT molecular complexity index is 1020. The van der Waals surface area contributed by atoms with Crippen LogP contribution in [0.3, 0.4) is 0 Å². The molecule has 3 aromatic heterocycles. The van der Waals surface area contributed by atoms with E-state index in [2.05, 4.69) is 15.3 Å². The molecule has 1 atom stereocenters. The summed E-state index contributed by atoms with van der Waals surface area (Å²) in [6.07, 6.45) is 4.44. The summed E-state index contributed by atoms with van der Waals surface area (Å²) < 4.78 is 12.5. The van der Waals surface area contributed by atoms with E-state index in [4.69, 9.17) is 8.83 Å². The second-order valence-electron chi connectivity index (χ2n) is 6.25. The zero-order chi connectivity index (χ0) is 19.5. The summed E-state index contributed by atoms with van der Waals surface area (Å²) in [6, 6.07) is 6.87. The van der Waals surface area contributed by atoms with E-state index in [0.29, 0.717) is 35.4 Å². The topological polar surface area (TPSA) is 110 Å². The molecule has 146 valence electrons. The second kappa shape index (κ2) is 7.93. The van der Waals surface area contributed by atoms with Gasteiger partial charge >= 0.3 is 5.69 Å². The lowest BCUT2D eigenvalue weighted by Crippen LogP contribution is -2.28. The summed E-state index contributed by atoms with van der Waals surface area (Å²) in [5.74, 6) is 1.18. The summed E-state index contributed by atoms with van der Waals surface area (Å²) in [7, 11) is 0. The van der Waals surface area contributed by atoms with E-state index in [-0.39, 0.29) is 23.4 Å². The van der Waals surface area contributed by atoms with Gasteiger partial charge in [-0.15, -0.1) is 5.10 Å². The molecule has 0 aliphatic carbocycles. The number of rotatable bonds is 7. The zero-order valence-corrected chi connectivity index (χ0v) is 16.0. The van der Waals surface area contributed by atoms with Gasteiger partial charge in [-0.05, 0) is 30.7 Å². The summed E-state index contributed by atoms with van der Waals surface area (Å²) in [5, 5.41) is 12.8. The molecule has 28 heavy (non-hydrogen) atoms. The fourth-order valence-corrected chi connectivity index (χ4v) is 3.89. The predicted octanol–water partition coefficient (Wildman–Crippen LogP) is 2.64. The van der Waals surface area contributed by atoms with Crippen LogP contribution in [0.4, 0.5) is 0 Å². The summed E-state index contributed by atoms with van der Waals surface area (Å²) >= 11 is 1.21. The van der Waals surface area contributed by atoms with Crippen LogP contribution in [-0.2, 0) is 11.3 Å². The van der Waals surface area contributed by atoms with Crippen molar-refractivity contribution in [1.29, 1.82) is 0 Å². The van der Waals surface area contributed by atoms with Gasteiger partial charge in [0.15, 0.2) is 5.16 Å². The van der Waals surface area contributed by atoms with Crippen molar-refractivity contribution in [1.82, 2.24) is 19.8 Å². The van der Waals surface area contributed by atoms with Crippen LogP contribution in [0, 0.1) is 0 Å². The van der Waals surface area contributed by atoms with Gasteiger partial charge in [-0.2, -0.15) is 5.10 Å². The third kappa shape index (κ3) is 3.55. The number of furan rings is 2. The molecule has 0 aromatic carbocycles. The van der Waals surface area contributed by atoms with E-state index in [1.807, 2.05) is 19.1 Å². The Morgan fingerprint density at radius 3 is 2.86 bits per heavy atom. The first-order chi connectivity index (χ1) is 13.7. The molecular formula is C18H19N5O4S. The molecule has 1 aliphatic rings.